The molecule has 0 aliphatic heterocycles. The zero-order valence-electron chi connectivity index (χ0n) is 14.7. The molecule has 0 aliphatic rings. The summed E-state index contributed by atoms with van der Waals surface area (Å²) in [6.45, 7) is 1.08. The van der Waals surface area contributed by atoms with E-state index in [1.165, 1.54) is 14.0 Å². The molecule has 2 aromatic carbocycles. The molecule has 1 N–H and O–H groups in total. The summed E-state index contributed by atoms with van der Waals surface area (Å²) >= 11 is 0. The summed E-state index contributed by atoms with van der Waals surface area (Å²) in [5.41, 5.74) is 1.36. The number of benzene rings is 2. The van der Waals surface area contributed by atoms with E-state index in [-0.39, 0.29) is 12.3 Å². The number of rotatable bonds is 7. The fourth-order valence-electron chi connectivity index (χ4n) is 2.27. The lowest BCUT2D eigenvalue weighted by molar-refractivity contribution is -0.114. The predicted octanol–water partition coefficient (Wildman–Crippen LogP) is 2.30. The van der Waals surface area contributed by atoms with E-state index in [0.29, 0.717) is 22.7 Å². The van der Waals surface area contributed by atoms with Gasteiger partial charge in [0.25, 0.3) is 0 Å². The zero-order valence-corrected chi connectivity index (χ0v) is 15.5. The van der Waals surface area contributed by atoms with Gasteiger partial charge in [0.1, 0.15) is 12.3 Å². The first-order valence-electron chi connectivity index (χ1n) is 7.73. The van der Waals surface area contributed by atoms with Crippen LogP contribution in [-0.2, 0) is 14.8 Å². The van der Waals surface area contributed by atoms with Crippen molar-refractivity contribution in [3.8, 4) is 5.75 Å². The van der Waals surface area contributed by atoms with Crippen molar-refractivity contribution in [3.05, 3.63) is 54.1 Å². The Morgan fingerprint density at radius 2 is 1.62 bits per heavy atom. The second kappa shape index (κ2) is 8.01. The molecule has 0 atom stereocenters. The minimum Gasteiger partial charge on any atom is -0.497 e. The minimum absolute atomic E-state index is 0.0781. The highest BCUT2D eigenvalue weighted by Gasteiger charge is 2.21. The fraction of sp³-hybridized carbons (Fsp3) is 0.222. The van der Waals surface area contributed by atoms with Crippen molar-refractivity contribution in [1.29, 1.82) is 0 Å². The summed E-state index contributed by atoms with van der Waals surface area (Å²) in [4.78, 5) is 23.5. The standard InChI is InChI=1S/C18H20N2O5S/c1-13(21)14-4-6-15(7-5-14)19-18(22)12-20(26(3,23)24)16-8-10-17(25-2)11-9-16/h4-11H,12H2,1-3H3,(H,19,22). The SMILES string of the molecule is COc1ccc(N(CC(=O)Nc2ccc(C(C)=O)cc2)S(C)(=O)=O)cc1. The van der Waals surface area contributed by atoms with Gasteiger partial charge in [0.05, 0.1) is 19.1 Å². The maximum atomic E-state index is 12.3. The molecular weight excluding hydrogens is 356 g/mol. The van der Waals surface area contributed by atoms with Crippen LogP contribution >= 0.6 is 0 Å². The lowest BCUT2D eigenvalue weighted by Crippen LogP contribution is -2.37. The van der Waals surface area contributed by atoms with Gasteiger partial charge in [0, 0.05) is 11.3 Å². The number of nitrogens with zero attached hydrogens (tertiary/aromatic N) is 1. The molecule has 0 saturated carbocycles. The number of ether oxygens (including phenoxy) is 1. The van der Waals surface area contributed by atoms with Crippen LogP contribution in [0.2, 0.25) is 0 Å². The molecule has 1 amide bonds. The molecule has 2 aromatic rings. The maximum Gasteiger partial charge on any atom is 0.245 e. The molecule has 8 heteroatoms. The summed E-state index contributed by atoms with van der Waals surface area (Å²) < 4.78 is 30.2. The van der Waals surface area contributed by atoms with Crippen molar-refractivity contribution in [2.24, 2.45) is 0 Å². The Hall–Kier alpha value is -2.87. The number of ketones is 1. The molecule has 0 radical (unpaired) electrons. The first kappa shape index (κ1) is 19.5. The number of anilines is 2. The largest absolute Gasteiger partial charge is 0.497 e. The van der Waals surface area contributed by atoms with E-state index in [0.717, 1.165) is 10.6 Å². The first-order chi connectivity index (χ1) is 12.2. The van der Waals surface area contributed by atoms with Gasteiger partial charge in [-0.15, -0.1) is 0 Å². The molecule has 0 saturated heterocycles. The fourth-order valence-corrected chi connectivity index (χ4v) is 3.12. The number of hydrogen-bond acceptors (Lipinski definition) is 5. The summed E-state index contributed by atoms with van der Waals surface area (Å²) in [5.74, 6) is 0.00432. The lowest BCUT2D eigenvalue weighted by Gasteiger charge is -2.22. The van der Waals surface area contributed by atoms with E-state index in [2.05, 4.69) is 5.32 Å². The molecule has 0 unspecified atom stereocenters. The Balaban J connectivity index is 2.14. The van der Waals surface area contributed by atoms with Crippen LogP contribution in [0.1, 0.15) is 17.3 Å². The molecule has 0 bridgehead atoms. The number of carbonyl (C=O) groups excluding carboxylic acids is 2. The van der Waals surface area contributed by atoms with Crippen molar-refractivity contribution in [3.63, 3.8) is 0 Å². The van der Waals surface area contributed by atoms with E-state index >= 15 is 0 Å². The highest BCUT2D eigenvalue weighted by molar-refractivity contribution is 7.92. The quantitative estimate of drug-likeness (QED) is 0.749. The van der Waals surface area contributed by atoms with Crippen LogP contribution < -0.4 is 14.4 Å². The lowest BCUT2D eigenvalue weighted by atomic mass is 10.1. The van der Waals surface area contributed by atoms with Crippen molar-refractivity contribution < 1.29 is 22.7 Å². The van der Waals surface area contributed by atoms with Gasteiger partial charge in [-0.1, -0.05) is 0 Å². The molecular formula is C18H20N2O5S. The van der Waals surface area contributed by atoms with Crippen LogP contribution in [0, 0.1) is 0 Å². The highest BCUT2D eigenvalue weighted by Crippen LogP contribution is 2.21. The van der Waals surface area contributed by atoms with Crippen molar-refractivity contribution in [2.45, 2.75) is 6.92 Å². The number of sulfonamides is 1. The van der Waals surface area contributed by atoms with E-state index in [1.54, 1.807) is 48.5 Å². The number of nitrogens with one attached hydrogen (secondary N) is 1. The van der Waals surface area contributed by atoms with Gasteiger partial charge in [0.15, 0.2) is 5.78 Å². The topological polar surface area (TPSA) is 92.8 Å². The first-order valence-corrected chi connectivity index (χ1v) is 9.58. The van der Waals surface area contributed by atoms with Crippen LogP contribution in [0.3, 0.4) is 0 Å². The van der Waals surface area contributed by atoms with Crippen LogP contribution in [-0.4, -0.2) is 40.0 Å². The predicted molar refractivity (Wildman–Crippen MR) is 100 cm³/mol. The van der Waals surface area contributed by atoms with Crippen molar-refractivity contribution in [1.82, 2.24) is 0 Å². The third kappa shape index (κ3) is 5.06. The Labute approximate surface area is 152 Å². The summed E-state index contributed by atoms with van der Waals surface area (Å²) in [7, 11) is -2.15. The average Bonchev–Trinajstić information content (AvgIpc) is 2.59. The maximum absolute atomic E-state index is 12.3. The number of Topliss-reactive ketones (excluding diaryl/α,β-unsaturated/α-hetero) is 1. The van der Waals surface area contributed by atoms with Gasteiger partial charge in [-0.3, -0.25) is 13.9 Å². The van der Waals surface area contributed by atoms with E-state index in [4.69, 9.17) is 4.74 Å². The smallest absolute Gasteiger partial charge is 0.245 e. The minimum atomic E-state index is -3.66. The summed E-state index contributed by atoms with van der Waals surface area (Å²) in [6, 6.07) is 12.7. The summed E-state index contributed by atoms with van der Waals surface area (Å²) in [6.07, 6.45) is 1.03. The van der Waals surface area contributed by atoms with Crippen LogP contribution in [0.25, 0.3) is 0 Å². The molecule has 0 aromatic heterocycles. The van der Waals surface area contributed by atoms with Crippen LogP contribution in [0.4, 0.5) is 11.4 Å². The third-order valence-electron chi connectivity index (χ3n) is 3.62. The number of amides is 1. The molecule has 138 valence electrons. The molecule has 0 heterocycles. The van der Waals surface area contributed by atoms with Gasteiger partial charge in [-0.05, 0) is 55.5 Å². The second-order valence-corrected chi connectivity index (χ2v) is 7.56. The highest BCUT2D eigenvalue weighted by atomic mass is 32.2. The van der Waals surface area contributed by atoms with E-state index in [1.807, 2.05) is 0 Å². The summed E-state index contributed by atoms with van der Waals surface area (Å²) in [5, 5.41) is 2.62. The zero-order chi connectivity index (χ0) is 19.3. The Morgan fingerprint density at radius 3 is 2.08 bits per heavy atom. The normalized spacial score (nSPS) is 10.9. The van der Waals surface area contributed by atoms with Gasteiger partial charge in [-0.25, -0.2) is 8.42 Å². The van der Waals surface area contributed by atoms with E-state index in [9.17, 15) is 18.0 Å². The molecule has 0 aliphatic carbocycles. The second-order valence-electron chi connectivity index (χ2n) is 5.65. The van der Waals surface area contributed by atoms with Gasteiger partial charge < -0.3 is 10.1 Å². The number of methoxy groups -OCH3 is 1. The molecule has 0 spiro atoms. The average molecular weight is 376 g/mol. The van der Waals surface area contributed by atoms with Crippen molar-refractivity contribution in [2.75, 3.05) is 29.5 Å². The molecule has 26 heavy (non-hydrogen) atoms. The monoisotopic (exact) mass is 376 g/mol. The Bertz CT molecular complexity index is 890. The Kier molecular flexibility index (Phi) is 5.99. The molecule has 0 fully saturated rings. The number of hydrogen-bond donors (Lipinski definition) is 1. The van der Waals surface area contributed by atoms with Gasteiger partial charge in [-0.2, -0.15) is 0 Å². The molecule has 7 nitrogen and oxygen atoms in total. The van der Waals surface area contributed by atoms with Crippen LogP contribution in [0.5, 0.6) is 5.75 Å². The van der Waals surface area contributed by atoms with E-state index < -0.39 is 15.9 Å². The molecule has 2 rings (SSSR count). The van der Waals surface area contributed by atoms with Gasteiger partial charge in [0.2, 0.25) is 15.9 Å². The number of carbonyl (C=O) groups is 2. The van der Waals surface area contributed by atoms with Crippen molar-refractivity contribution >= 4 is 33.1 Å². The third-order valence-corrected chi connectivity index (χ3v) is 4.76. The van der Waals surface area contributed by atoms with Crippen LogP contribution in [0.15, 0.2) is 48.5 Å². The Morgan fingerprint density at radius 1 is 1.04 bits per heavy atom. The van der Waals surface area contributed by atoms with Gasteiger partial charge >= 0.3 is 0 Å².